The Morgan fingerprint density at radius 2 is 2.06 bits per heavy atom. The molecule has 1 aliphatic carbocycles. The first-order valence-corrected chi connectivity index (χ1v) is 6.63. The third-order valence-corrected chi connectivity index (χ3v) is 3.34. The third-order valence-electron chi connectivity index (χ3n) is 2.93. The maximum absolute atomic E-state index is 10.6. The summed E-state index contributed by atoms with van der Waals surface area (Å²) in [4.78, 5) is 19.0. The molecule has 0 atom stereocenters. The van der Waals surface area contributed by atoms with Crippen LogP contribution in [0, 0.1) is 0 Å². The van der Waals surface area contributed by atoms with Crippen LogP contribution in [0.2, 0.25) is 0 Å². The summed E-state index contributed by atoms with van der Waals surface area (Å²) in [5.74, 6) is 0.762. The van der Waals surface area contributed by atoms with Gasteiger partial charge in [0.05, 0.1) is 12.4 Å². The Bertz CT molecular complexity index is 404. The van der Waals surface area contributed by atoms with E-state index >= 15 is 0 Å². The third kappa shape index (κ3) is 3.83. The Balaban J connectivity index is 1.79. The number of rotatable bonds is 3. The molecule has 0 bridgehead atoms. The van der Waals surface area contributed by atoms with Crippen molar-refractivity contribution in [2.24, 2.45) is 5.73 Å². The molecule has 18 heavy (non-hydrogen) atoms. The number of nitrogens with zero attached hydrogens (tertiary/aromatic N) is 2. The van der Waals surface area contributed by atoms with E-state index in [9.17, 15) is 4.79 Å². The van der Waals surface area contributed by atoms with Crippen molar-refractivity contribution in [2.75, 3.05) is 5.32 Å². The summed E-state index contributed by atoms with van der Waals surface area (Å²) in [6, 6.07) is 0.341. The zero-order chi connectivity index (χ0) is 13.0. The molecule has 7 heteroatoms. The molecule has 1 aliphatic rings. The second-order valence-electron chi connectivity index (χ2n) is 4.28. The van der Waals surface area contributed by atoms with Crippen LogP contribution in [0.3, 0.4) is 0 Å². The highest BCUT2D eigenvalue weighted by molar-refractivity contribution is 9.10. The molecule has 0 aromatic carbocycles. The molecule has 0 spiro atoms. The Labute approximate surface area is 113 Å². The predicted molar refractivity (Wildman–Crippen MR) is 70.1 cm³/mol. The van der Waals surface area contributed by atoms with E-state index in [4.69, 9.17) is 10.5 Å². The summed E-state index contributed by atoms with van der Waals surface area (Å²) >= 11 is 3.24. The van der Waals surface area contributed by atoms with Gasteiger partial charge in [-0.05, 0) is 41.6 Å². The average molecular weight is 315 g/mol. The number of carbonyl (C=O) groups excluding carboxylic acids is 1. The summed E-state index contributed by atoms with van der Waals surface area (Å²) in [5, 5.41) is 3.32. The van der Waals surface area contributed by atoms with Crippen molar-refractivity contribution >= 4 is 27.8 Å². The average Bonchev–Trinajstić information content (AvgIpc) is 2.34. The van der Waals surface area contributed by atoms with Gasteiger partial charge < -0.3 is 15.8 Å². The van der Waals surface area contributed by atoms with Gasteiger partial charge in [-0.1, -0.05) is 0 Å². The molecule has 0 saturated heterocycles. The zero-order valence-corrected chi connectivity index (χ0v) is 11.4. The molecule has 1 saturated carbocycles. The first kappa shape index (κ1) is 13.1. The highest BCUT2D eigenvalue weighted by Crippen LogP contribution is 2.23. The van der Waals surface area contributed by atoms with Gasteiger partial charge in [-0.25, -0.2) is 14.8 Å². The lowest BCUT2D eigenvalue weighted by Crippen LogP contribution is -2.32. The van der Waals surface area contributed by atoms with Crippen molar-refractivity contribution in [3.8, 4) is 0 Å². The lowest BCUT2D eigenvalue weighted by Gasteiger charge is -2.28. The van der Waals surface area contributed by atoms with Gasteiger partial charge in [-0.3, -0.25) is 0 Å². The van der Waals surface area contributed by atoms with E-state index in [-0.39, 0.29) is 6.10 Å². The molecule has 3 N–H and O–H groups in total. The van der Waals surface area contributed by atoms with Crippen molar-refractivity contribution in [3.05, 3.63) is 17.0 Å². The first-order chi connectivity index (χ1) is 8.63. The van der Waals surface area contributed by atoms with Gasteiger partial charge in [0.25, 0.3) is 0 Å². The first-order valence-electron chi connectivity index (χ1n) is 5.83. The van der Waals surface area contributed by atoms with E-state index < -0.39 is 6.09 Å². The molecular weight excluding hydrogens is 300 g/mol. The second kappa shape index (κ2) is 5.99. The van der Waals surface area contributed by atoms with Crippen LogP contribution in [0.5, 0.6) is 0 Å². The highest BCUT2D eigenvalue weighted by atomic mass is 79.9. The minimum atomic E-state index is -0.690. The van der Waals surface area contributed by atoms with Crippen molar-refractivity contribution in [1.82, 2.24) is 9.97 Å². The predicted octanol–water partition coefficient (Wildman–Crippen LogP) is 2.06. The van der Waals surface area contributed by atoms with E-state index in [2.05, 4.69) is 31.2 Å². The second-order valence-corrected chi connectivity index (χ2v) is 5.09. The van der Waals surface area contributed by atoms with Crippen LogP contribution in [0.1, 0.15) is 25.7 Å². The van der Waals surface area contributed by atoms with Gasteiger partial charge in [-0.15, -0.1) is 0 Å². The molecule has 0 radical (unpaired) electrons. The number of halogens is 1. The number of hydrogen-bond acceptors (Lipinski definition) is 5. The van der Waals surface area contributed by atoms with Crippen molar-refractivity contribution in [2.45, 2.75) is 37.8 Å². The minimum absolute atomic E-state index is 0.0449. The van der Waals surface area contributed by atoms with Crippen LogP contribution in [0.25, 0.3) is 0 Å². The van der Waals surface area contributed by atoms with Gasteiger partial charge in [0.1, 0.15) is 16.5 Å². The van der Waals surface area contributed by atoms with Crippen LogP contribution in [-0.4, -0.2) is 28.2 Å². The zero-order valence-electron chi connectivity index (χ0n) is 9.80. The number of primary amides is 1. The standard InChI is InChI=1S/C11H15BrN4O2/c12-9-5-15-10(6-14-9)16-7-1-3-8(4-2-7)18-11(13)17/h5-8H,1-4H2,(H2,13,17)(H,15,16)/t7-,8-. The number of nitrogens with two attached hydrogens (primary N) is 1. The van der Waals surface area contributed by atoms with E-state index in [0.29, 0.717) is 10.6 Å². The number of anilines is 1. The van der Waals surface area contributed by atoms with Gasteiger partial charge in [-0.2, -0.15) is 0 Å². The smallest absolute Gasteiger partial charge is 0.404 e. The van der Waals surface area contributed by atoms with Crippen LogP contribution >= 0.6 is 15.9 Å². The molecule has 1 amide bonds. The topological polar surface area (TPSA) is 90.1 Å². The lowest BCUT2D eigenvalue weighted by atomic mass is 9.93. The Morgan fingerprint density at radius 3 is 2.61 bits per heavy atom. The number of nitrogens with one attached hydrogen (secondary N) is 1. The summed E-state index contributed by atoms with van der Waals surface area (Å²) in [6.07, 6.45) is 6.11. The van der Waals surface area contributed by atoms with E-state index in [0.717, 1.165) is 31.5 Å². The van der Waals surface area contributed by atoms with Gasteiger partial charge in [0.15, 0.2) is 0 Å². The van der Waals surface area contributed by atoms with Crippen LogP contribution in [0.15, 0.2) is 17.0 Å². The van der Waals surface area contributed by atoms with Gasteiger partial charge in [0.2, 0.25) is 0 Å². The van der Waals surface area contributed by atoms with Gasteiger partial charge >= 0.3 is 6.09 Å². The Hall–Kier alpha value is -1.37. The van der Waals surface area contributed by atoms with E-state index in [1.54, 1.807) is 12.4 Å². The fourth-order valence-corrected chi connectivity index (χ4v) is 2.29. The lowest BCUT2D eigenvalue weighted by molar-refractivity contribution is 0.0805. The molecule has 1 heterocycles. The van der Waals surface area contributed by atoms with Crippen molar-refractivity contribution in [3.63, 3.8) is 0 Å². The maximum atomic E-state index is 10.6. The molecule has 1 fully saturated rings. The normalized spacial score (nSPS) is 23.4. The van der Waals surface area contributed by atoms with E-state index in [1.807, 2.05) is 0 Å². The number of hydrogen-bond donors (Lipinski definition) is 2. The van der Waals surface area contributed by atoms with Gasteiger partial charge in [0, 0.05) is 6.04 Å². The number of aromatic nitrogens is 2. The molecular formula is C11H15BrN4O2. The molecule has 2 rings (SSSR count). The number of ether oxygens (including phenoxy) is 1. The Morgan fingerprint density at radius 1 is 1.33 bits per heavy atom. The summed E-state index contributed by atoms with van der Waals surface area (Å²) in [5.41, 5.74) is 5.00. The summed E-state index contributed by atoms with van der Waals surface area (Å²) < 4.78 is 5.70. The number of amides is 1. The molecule has 0 unspecified atom stereocenters. The summed E-state index contributed by atoms with van der Waals surface area (Å²) in [6.45, 7) is 0. The fraction of sp³-hybridized carbons (Fsp3) is 0.545. The SMILES string of the molecule is NC(=O)O[C@H]1CC[C@H](Nc2cnc(Br)cn2)CC1. The monoisotopic (exact) mass is 314 g/mol. The highest BCUT2D eigenvalue weighted by Gasteiger charge is 2.23. The van der Waals surface area contributed by atoms with Crippen molar-refractivity contribution in [1.29, 1.82) is 0 Å². The molecule has 0 aliphatic heterocycles. The molecule has 6 nitrogen and oxygen atoms in total. The molecule has 1 aromatic rings. The van der Waals surface area contributed by atoms with Crippen LogP contribution < -0.4 is 11.1 Å². The fourth-order valence-electron chi connectivity index (χ4n) is 2.09. The van der Waals surface area contributed by atoms with E-state index in [1.165, 1.54) is 0 Å². The Kier molecular flexibility index (Phi) is 4.35. The minimum Gasteiger partial charge on any atom is -0.446 e. The quantitative estimate of drug-likeness (QED) is 0.891. The largest absolute Gasteiger partial charge is 0.446 e. The molecule has 1 aromatic heterocycles. The van der Waals surface area contributed by atoms with Crippen LogP contribution in [-0.2, 0) is 4.74 Å². The summed E-state index contributed by atoms with van der Waals surface area (Å²) in [7, 11) is 0. The maximum Gasteiger partial charge on any atom is 0.404 e. The van der Waals surface area contributed by atoms with Crippen molar-refractivity contribution < 1.29 is 9.53 Å². The number of carbonyl (C=O) groups is 1. The van der Waals surface area contributed by atoms with Crippen LogP contribution in [0.4, 0.5) is 10.6 Å². The molecule has 98 valence electrons.